The molecule has 1 atom stereocenters. The fourth-order valence-electron chi connectivity index (χ4n) is 2.88. The molecule has 0 aliphatic heterocycles. The molecule has 0 saturated carbocycles. The van der Waals surface area contributed by atoms with Gasteiger partial charge < -0.3 is 15.4 Å². The van der Waals surface area contributed by atoms with Crippen LogP contribution in [0, 0.1) is 5.82 Å². The standard InChI is InChI=1S/C24H22ClFN2O3S/c1-3-22(24(30)28-17-9-12-21(26)20(25)14-17)32-19-6-4-5-16(13-19)27-23(29)15-7-10-18(31-2)11-8-15/h4-14,22H,3H2,1-2H3,(H,27,29)(H,28,30). The molecule has 0 radical (unpaired) electrons. The predicted molar refractivity (Wildman–Crippen MR) is 127 cm³/mol. The van der Waals surface area contributed by atoms with Gasteiger partial charge in [-0.3, -0.25) is 9.59 Å². The van der Waals surface area contributed by atoms with Gasteiger partial charge in [0.1, 0.15) is 11.6 Å². The molecule has 0 aromatic heterocycles. The van der Waals surface area contributed by atoms with E-state index in [1.54, 1.807) is 37.4 Å². The first kappa shape index (κ1) is 23.6. The van der Waals surface area contributed by atoms with Gasteiger partial charge in [-0.25, -0.2) is 4.39 Å². The van der Waals surface area contributed by atoms with E-state index in [4.69, 9.17) is 16.3 Å². The predicted octanol–water partition coefficient (Wildman–Crippen LogP) is 6.25. The molecule has 32 heavy (non-hydrogen) atoms. The van der Waals surface area contributed by atoms with E-state index in [-0.39, 0.29) is 22.1 Å². The highest BCUT2D eigenvalue weighted by molar-refractivity contribution is 8.00. The molecule has 0 aliphatic carbocycles. The molecular weight excluding hydrogens is 451 g/mol. The van der Waals surface area contributed by atoms with Crippen LogP contribution in [0.2, 0.25) is 5.02 Å². The molecule has 3 aromatic rings. The molecule has 8 heteroatoms. The normalized spacial score (nSPS) is 11.5. The second kappa shape index (κ2) is 11.0. The maximum Gasteiger partial charge on any atom is 0.255 e. The second-order valence-electron chi connectivity index (χ2n) is 6.84. The Morgan fingerprint density at radius 3 is 2.41 bits per heavy atom. The molecule has 0 spiro atoms. The Kier molecular flexibility index (Phi) is 8.14. The zero-order valence-corrected chi connectivity index (χ0v) is 19.1. The van der Waals surface area contributed by atoms with E-state index in [0.717, 1.165) is 4.90 Å². The summed E-state index contributed by atoms with van der Waals surface area (Å²) >= 11 is 7.17. The quantitative estimate of drug-likeness (QED) is 0.380. The van der Waals surface area contributed by atoms with Crippen LogP contribution in [-0.4, -0.2) is 24.2 Å². The summed E-state index contributed by atoms with van der Waals surface area (Å²) < 4.78 is 18.4. The first-order chi connectivity index (χ1) is 15.4. The van der Waals surface area contributed by atoms with Crippen molar-refractivity contribution < 1.29 is 18.7 Å². The number of hydrogen-bond donors (Lipinski definition) is 2. The summed E-state index contributed by atoms with van der Waals surface area (Å²) in [6.45, 7) is 1.91. The lowest BCUT2D eigenvalue weighted by molar-refractivity contribution is -0.115. The summed E-state index contributed by atoms with van der Waals surface area (Å²) in [5, 5.41) is 5.20. The third kappa shape index (κ3) is 6.24. The molecule has 0 bridgehead atoms. The average molecular weight is 473 g/mol. The number of amides is 2. The van der Waals surface area contributed by atoms with Crippen molar-refractivity contribution in [2.75, 3.05) is 17.7 Å². The molecule has 2 N–H and O–H groups in total. The first-order valence-electron chi connectivity index (χ1n) is 9.87. The average Bonchev–Trinajstić information content (AvgIpc) is 2.80. The van der Waals surface area contributed by atoms with Gasteiger partial charge in [-0.2, -0.15) is 0 Å². The topological polar surface area (TPSA) is 67.4 Å². The smallest absolute Gasteiger partial charge is 0.255 e. The van der Waals surface area contributed by atoms with E-state index in [2.05, 4.69) is 10.6 Å². The van der Waals surface area contributed by atoms with Crippen LogP contribution in [0.5, 0.6) is 5.75 Å². The van der Waals surface area contributed by atoms with Crippen LogP contribution in [0.3, 0.4) is 0 Å². The van der Waals surface area contributed by atoms with Crippen molar-refractivity contribution in [2.24, 2.45) is 0 Å². The van der Waals surface area contributed by atoms with Crippen molar-refractivity contribution in [2.45, 2.75) is 23.5 Å². The van der Waals surface area contributed by atoms with E-state index < -0.39 is 5.82 Å². The number of halogens is 2. The minimum Gasteiger partial charge on any atom is -0.497 e. The van der Waals surface area contributed by atoms with Crippen molar-refractivity contribution in [1.29, 1.82) is 0 Å². The van der Waals surface area contributed by atoms with Crippen LogP contribution >= 0.6 is 23.4 Å². The molecule has 3 rings (SSSR count). The summed E-state index contributed by atoms with van der Waals surface area (Å²) in [6.07, 6.45) is 0.577. The molecule has 0 heterocycles. The summed E-state index contributed by atoms with van der Waals surface area (Å²) in [5.74, 6) is -0.327. The number of nitrogens with one attached hydrogen (secondary N) is 2. The van der Waals surface area contributed by atoms with Crippen molar-refractivity contribution in [3.8, 4) is 5.75 Å². The molecule has 1 unspecified atom stereocenters. The Hall–Kier alpha value is -3.03. The Bertz CT molecular complexity index is 1110. The minimum absolute atomic E-state index is 0.0520. The van der Waals surface area contributed by atoms with E-state index in [1.807, 2.05) is 25.1 Å². The third-order valence-electron chi connectivity index (χ3n) is 4.57. The minimum atomic E-state index is -0.542. The van der Waals surface area contributed by atoms with Crippen molar-refractivity contribution >= 4 is 46.6 Å². The van der Waals surface area contributed by atoms with Crippen LogP contribution in [0.1, 0.15) is 23.7 Å². The van der Waals surface area contributed by atoms with Gasteiger partial charge in [-0.05, 0) is 67.1 Å². The SMILES string of the molecule is CCC(Sc1cccc(NC(=O)c2ccc(OC)cc2)c1)C(=O)Nc1ccc(F)c(Cl)c1. The maximum absolute atomic E-state index is 13.3. The van der Waals surface area contributed by atoms with Crippen LogP contribution in [0.25, 0.3) is 0 Å². The molecular formula is C24H22ClFN2O3S. The van der Waals surface area contributed by atoms with Gasteiger partial charge in [0.2, 0.25) is 5.91 Å². The van der Waals surface area contributed by atoms with Crippen molar-refractivity contribution in [3.63, 3.8) is 0 Å². The lowest BCUT2D eigenvalue weighted by Crippen LogP contribution is -2.24. The molecule has 0 aliphatic rings. The van der Waals surface area contributed by atoms with Gasteiger partial charge in [-0.15, -0.1) is 11.8 Å². The number of hydrogen-bond acceptors (Lipinski definition) is 4. The largest absolute Gasteiger partial charge is 0.497 e. The van der Waals surface area contributed by atoms with E-state index in [9.17, 15) is 14.0 Å². The van der Waals surface area contributed by atoms with Gasteiger partial charge in [0.15, 0.2) is 0 Å². The fraction of sp³-hybridized carbons (Fsp3) is 0.167. The Morgan fingerprint density at radius 1 is 1.03 bits per heavy atom. The Morgan fingerprint density at radius 2 is 1.75 bits per heavy atom. The van der Waals surface area contributed by atoms with Gasteiger partial charge >= 0.3 is 0 Å². The molecule has 0 saturated heterocycles. The van der Waals surface area contributed by atoms with Crippen LogP contribution in [-0.2, 0) is 4.79 Å². The number of ether oxygens (including phenoxy) is 1. The highest BCUT2D eigenvalue weighted by Crippen LogP contribution is 2.29. The number of thioether (sulfide) groups is 1. The molecule has 2 amide bonds. The van der Waals surface area contributed by atoms with Gasteiger partial charge in [0, 0.05) is 21.8 Å². The highest BCUT2D eigenvalue weighted by atomic mass is 35.5. The zero-order chi connectivity index (χ0) is 23.1. The van der Waals surface area contributed by atoms with Gasteiger partial charge in [-0.1, -0.05) is 24.6 Å². The summed E-state index contributed by atoms with van der Waals surface area (Å²) in [6, 6.07) is 18.2. The molecule has 0 fully saturated rings. The first-order valence-corrected chi connectivity index (χ1v) is 11.1. The summed E-state index contributed by atoms with van der Waals surface area (Å²) in [7, 11) is 1.57. The molecule has 5 nitrogen and oxygen atoms in total. The summed E-state index contributed by atoms with van der Waals surface area (Å²) in [5.41, 5.74) is 1.56. The van der Waals surface area contributed by atoms with Crippen LogP contribution < -0.4 is 15.4 Å². The molecule has 166 valence electrons. The van der Waals surface area contributed by atoms with E-state index in [1.165, 1.54) is 30.0 Å². The zero-order valence-electron chi connectivity index (χ0n) is 17.5. The monoisotopic (exact) mass is 472 g/mol. The number of anilines is 2. The number of carbonyl (C=O) groups is 2. The fourth-order valence-corrected chi connectivity index (χ4v) is 4.07. The highest BCUT2D eigenvalue weighted by Gasteiger charge is 2.19. The summed E-state index contributed by atoms with van der Waals surface area (Å²) in [4.78, 5) is 26.0. The maximum atomic E-state index is 13.3. The van der Waals surface area contributed by atoms with Crippen LogP contribution in [0.4, 0.5) is 15.8 Å². The number of carbonyl (C=O) groups excluding carboxylic acids is 2. The van der Waals surface area contributed by atoms with Gasteiger partial charge in [0.25, 0.3) is 5.91 Å². The second-order valence-corrected chi connectivity index (χ2v) is 8.53. The van der Waals surface area contributed by atoms with Gasteiger partial charge in [0.05, 0.1) is 17.4 Å². The Labute approximate surface area is 195 Å². The Balaban J connectivity index is 1.65. The van der Waals surface area contributed by atoms with Crippen molar-refractivity contribution in [3.05, 3.63) is 83.1 Å². The number of rotatable bonds is 8. The number of methoxy groups -OCH3 is 1. The number of benzene rings is 3. The molecule has 3 aromatic carbocycles. The van der Waals surface area contributed by atoms with E-state index in [0.29, 0.717) is 29.1 Å². The lowest BCUT2D eigenvalue weighted by Gasteiger charge is -2.16. The van der Waals surface area contributed by atoms with E-state index >= 15 is 0 Å². The van der Waals surface area contributed by atoms with Crippen LogP contribution in [0.15, 0.2) is 71.6 Å². The third-order valence-corrected chi connectivity index (χ3v) is 6.22. The van der Waals surface area contributed by atoms with Crippen molar-refractivity contribution in [1.82, 2.24) is 0 Å². The lowest BCUT2D eigenvalue weighted by atomic mass is 10.2.